The molecule has 3 aliphatic rings. The Morgan fingerprint density at radius 2 is 1.74 bits per heavy atom. The SMILES string of the molecule is CC(C)C[C@@H](COc1ccc2c(c1)OC1(COC1)c1cnccc1-2)N1C(=O)c2ccccc2C1=O. The van der Waals surface area contributed by atoms with Crippen LogP contribution < -0.4 is 9.47 Å². The molecule has 1 aromatic heterocycles. The monoisotopic (exact) mass is 470 g/mol. The lowest BCUT2D eigenvalue weighted by Crippen LogP contribution is -2.53. The Morgan fingerprint density at radius 1 is 1.00 bits per heavy atom. The minimum Gasteiger partial charge on any atom is -0.491 e. The summed E-state index contributed by atoms with van der Waals surface area (Å²) in [7, 11) is 0. The van der Waals surface area contributed by atoms with Crippen molar-refractivity contribution in [1.29, 1.82) is 0 Å². The van der Waals surface area contributed by atoms with Gasteiger partial charge in [0.2, 0.25) is 0 Å². The van der Waals surface area contributed by atoms with Crippen molar-refractivity contribution in [1.82, 2.24) is 9.88 Å². The van der Waals surface area contributed by atoms with Crippen LogP contribution in [0.1, 0.15) is 46.5 Å². The molecular weight excluding hydrogens is 444 g/mol. The number of carbonyl (C=O) groups is 2. The molecule has 6 rings (SSSR count). The fraction of sp³-hybridized carbons (Fsp3) is 0.321. The second kappa shape index (κ2) is 8.20. The van der Waals surface area contributed by atoms with Crippen LogP contribution in [0.4, 0.5) is 0 Å². The van der Waals surface area contributed by atoms with Crippen molar-refractivity contribution in [3.05, 3.63) is 77.6 Å². The summed E-state index contributed by atoms with van der Waals surface area (Å²) in [6.45, 7) is 5.31. The summed E-state index contributed by atoms with van der Waals surface area (Å²) < 4.78 is 18.1. The van der Waals surface area contributed by atoms with Crippen LogP contribution in [-0.2, 0) is 10.3 Å². The van der Waals surface area contributed by atoms with Crippen molar-refractivity contribution in [3.8, 4) is 22.6 Å². The molecule has 3 aromatic rings. The number of amides is 2. The molecule has 1 atom stereocenters. The average Bonchev–Trinajstić information content (AvgIpc) is 3.10. The van der Waals surface area contributed by atoms with Crippen LogP contribution in [0.15, 0.2) is 60.9 Å². The molecule has 7 heteroatoms. The number of benzene rings is 2. The minimum atomic E-state index is -0.518. The van der Waals surface area contributed by atoms with Crippen LogP contribution in [0.2, 0.25) is 0 Å². The van der Waals surface area contributed by atoms with Crippen LogP contribution >= 0.6 is 0 Å². The van der Waals surface area contributed by atoms with Crippen molar-refractivity contribution in [2.75, 3.05) is 19.8 Å². The highest BCUT2D eigenvalue weighted by molar-refractivity contribution is 6.21. The Balaban J connectivity index is 1.26. The van der Waals surface area contributed by atoms with Gasteiger partial charge in [0.1, 0.15) is 18.1 Å². The lowest BCUT2D eigenvalue weighted by molar-refractivity contribution is -0.169. The van der Waals surface area contributed by atoms with E-state index in [0.717, 1.165) is 22.4 Å². The standard InChI is InChI=1S/C28H26N2O5/c1-17(2)11-18(30-26(31)22-5-3-4-6-23(22)27(30)32)14-34-19-7-8-21-20-9-10-29-13-24(20)28(15-33-16-28)35-25(21)12-19/h3-10,12-13,17-18H,11,14-16H2,1-2H3/t18-/m0/s1. The van der Waals surface area contributed by atoms with Gasteiger partial charge in [-0.25, -0.2) is 0 Å². The Hall–Kier alpha value is -3.71. The molecule has 0 N–H and O–H groups in total. The Labute approximate surface area is 203 Å². The second-order valence-electron chi connectivity index (χ2n) is 9.79. The van der Waals surface area contributed by atoms with E-state index in [2.05, 4.69) is 18.8 Å². The van der Waals surface area contributed by atoms with E-state index < -0.39 is 5.60 Å². The molecule has 2 aromatic carbocycles. The third kappa shape index (κ3) is 3.49. The first-order valence-electron chi connectivity index (χ1n) is 11.9. The predicted octanol–water partition coefficient (Wildman–Crippen LogP) is 4.46. The Kier molecular flexibility index (Phi) is 5.11. The fourth-order valence-electron chi connectivity index (χ4n) is 5.18. The maximum atomic E-state index is 13.1. The quantitative estimate of drug-likeness (QED) is 0.495. The zero-order valence-corrected chi connectivity index (χ0v) is 19.7. The zero-order valence-electron chi connectivity index (χ0n) is 19.7. The molecule has 0 unspecified atom stereocenters. The van der Waals surface area contributed by atoms with Crippen molar-refractivity contribution in [2.24, 2.45) is 5.92 Å². The molecule has 7 nitrogen and oxygen atoms in total. The Morgan fingerprint density at radius 3 is 2.40 bits per heavy atom. The van der Waals surface area contributed by atoms with Gasteiger partial charge in [0.25, 0.3) is 11.8 Å². The van der Waals surface area contributed by atoms with E-state index in [-0.39, 0.29) is 30.4 Å². The van der Waals surface area contributed by atoms with Crippen LogP contribution in [0.25, 0.3) is 11.1 Å². The molecule has 0 radical (unpaired) electrons. The van der Waals surface area contributed by atoms with E-state index in [1.807, 2.05) is 30.5 Å². The Bertz CT molecular complexity index is 1300. The minimum absolute atomic E-state index is 0.206. The number of imide groups is 1. The maximum absolute atomic E-state index is 13.1. The molecule has 0 saturated carbocycles. The van der Waals surface area contributed by atoms with Crippen LogP contribution in [0.3, 0.4) is 0 Å². The van der Waals surface area contributed by atoms with Gasteiger partial charge in [-0.2, -0.15) is 0 Å². The summed E-state index contributed by atoms with van der Waals surface area (Å²) in [5.74, 6) is 1.12. The van der Waals surface area contributed by atoms with Gasteiger partial charge in [-0.3, -0.25) is 19.5 Å². The number of aromatic nitrogens is 1. The molecule has 4 heterocycles. The van der Waals surface area contributed by atoms with E-state index >= 15 is 0 Å². The molecule has 3 aliphatic heterocycles. The molecule has 1 spiro atoms. The number of fused-ring (bicyclic) bond motifs is 5. The number of carbonyl (C=O) groups excluding carboxylic acids is 2. The molecular formula is C28H26N2O5. The first kappa shape index (κ1) is 21.8. The number of rotatable bonds is 6. The number of nitrogens with zero attached hydrogens (tertiary/aromatic N) is 2. The summed E-state index contributed by atoms with van der Waals surface area (Å²) in [4.78, 5) is 31.8. The number of ether oxygens (including phenoxy) is 3. The number of hydrogen-bond donors (Lipinski definition) is 0. The first-order chi connectivity index (χ1) is 17.0. The summed E-state index contributed by atoms with van der Waals surface area (Å²) in [6.07, 6.45) is 4.28. The molecule has 178 valence electrons. The van der Waals surface area contributed by atoms with Crippen molar-refractivity contribution < 1.29 is 23.8 Å². The van der Waals surface area contributed by atoms with Crippen molar-refractivity contribution >= 4 is 11.8 Å². The van der Waals surface area contributed by atoms with Crippen molar-refractivity contribution in [3.63, 3.8) is 0 Å². The van der Waals surface area contributed by atoms with E-state index in [1.54, 1.807) is 30.5 Å². The average molecular weight is 471 g/mol. The summed E-state index contributed by atoms with van der Waals surface area (Å²) in [5, 5.41) is 0. The van der Waals surface area contributed by atoms with Crippen LogP contribution in [0.5, 0.6) is 11.5 Å². The normalized spacial score (nSPS) is 18.0. The molecule has 1 fully saturated rings. The smallest absolute Gasteiger partial charge is 0.261 e. The second-order valence-corrected chi connectivity index (χ2v) is 9.79. The molecule has 0 aliphatic carbocycles. The highest BCUT2D eigenvalue weighted by Crippen LogP contribution is 2.48. The van der Waals surface area contributed by atoms with Gasteiger partial charge in [-0.05, 0) is 48.2 Å². The van der Waals surface area contributed by atoms with Crippen LogP contribution in [0, 0.1) is 5.92 Å². The van der Waals surface area contributed by atoms with E-state index in [1.165, 1.54) is 4.90 Å². The molecule has 1 saturated heterocycles. The largest absolute Gasteiger partial charge is 0.491 e. The van der Waals surface area contributed by atoms with E-state index in [4.69, 9.17) is 14.2 Å². The molecule has 2 amide bonds. The topological polar surface area (TPSA) is 78.0 Å². The zero-order chi connectivity index (χ0) is 24.2. The van der Waals surface area contributed by atoms with E-state index in [0.29, 0.717) is 36.5 Å². The summed E-state index contributed by atoms with van der Waals surface area (Å²) in [6, 6.07) is 14.4. The molecule has 35 heavy (non-hydrogen) atoms. The van der Waals surface area contributed by atoms with Gasteiger partial charge in [-0.1, -0.05) is 26.0 Å². The number of hydrogen-bond acceptors (Lipinski definition) is 6. The predicted molar refractivity (Wildman–Crippen MR) is 128 cm³/mol. The molecule has 0 bridgehead atoms. The third-order valence-corrected chi connectivity index (χ3v) is 6.91. The number of pyridine rings is 1. The first-order valence-corrected chi connectivity index (χ1v) is 11.9. The highest BCUT2D eigenvalue weighted by atomic mass is 16.6. The van der Waals surface area contributed by atoms with Gasteiger partial charge in [0, 0.05) is 29.6 Å². The fourth-order valence-corrected chi connectivity index (χ4v) is 5.18. The lowest BCUT2D eigenvalue weighted by atomic mass is 9.84. The van der Waals surface area contributed by atoms with Gasteiger partial charge in [-0.15, -0.1) is 0 Å². The van der Waals surface area contributed by atoms with Gasteiger partial charge < -0.3 is 14.2 Å². The van der Waals surface area contributed by atoms with Gasteiger partial charge in [0.15, 0.2) is 5.60 Å². The lowest BCUT2D eigenvalue weighted by Gasteiger charge is -2.45. The van der Waals surface area contributed by atoms with E-state index in [9.17, 15) is 9.59 Å². The third-order valence-electron chi connectivity index (χ3n) is 6.91. The highest BCUT2D eigenvalue weighted by Gasteiger charge is 2.48. The summed E-state index contributed by atoms with van der Waals surface area (Å²) in [5.41, 5.74) is 3.49. The van der Waals surface area contributed by atoms with Gasteiger partial charge >= 0.3 is 0 Å². The van der Waals surface area contributed by atoms with Crippen molar-refractivity contribution in [2.45, 2.75) is 31.9 Å². The van der Waals surface area contributed by atoms with Gasteiger partial charge in [0.05, 0.1) is 30.4 Å². The summed E-state index contributed by atoms with van der Waals surface area (Å²) >= 11 is 0. The maximum Gasteiger partial charge on any atom is 0.261 e. The van der Waals surface area contributed by atoms with Crippen LogP contribution in [-0.4, -0.2) is 47.6 Å².